The average Bonchev–Trinajstić information content (AvgIpc) is 3.33. The van der Waals surface area contributed by atoms with Crippen molar-refractivity contribution in [3.63, 3.8) is 0 Å². The van der Waals surface area contributed by atoms with Gasteiger partial charge in [-0.2, -0.15) is 0 Å². The Balaban J connectivity index is 1.76. The lowest BCUT2D eigenvalue weighted by Gasteiger charge is -2.17. The number of aromatic nitrogens is 2. The van der Waals surface area contributed by atoms with E-state index < -0.39 is 0 Å². The second-order valence-electron chi connectivity index (χ2n) is 6.06. The highest BCUT2D eigenvalue weighted by Crippen LogP contribution is 2.34. The zero-order valence-electron chi connectivity index (χ0n) is 13.2. The van der Waals surface area contributed by atoms with Crippen molar-refractivity contribution in [1.29, 1.82) is 0 Å². The summed E-state index contributed by atoms with van der Waals surface area (Å²) >= 11 is 3.07. The van der Waals surface area contributed by atoms with Crippen LogP contribution >= 0.6 is 23.1 Å². The van der Waals surface area contributed by atoms with Crippen LogP contribution in [0.5, 0.6) is 0 Å². The number of anilines is 1. The lowest BCUT2D eigenvalue weighted by Crippen LogP contribution is -2.26. The Hall–Kier alpha value is -1.34. The smallest absolute Gasteiger partial charge is 0.264 e. The van der Waals surface area contributed by atoms with Crippen LogP contribution in [0.4, 0.5) is 5.82 Å². The molecule has 0 unspecified atom stereocenters. The minimum atomic E-state index is 0.156. The number of thiophene rings is 1. The van der Waals surface area contributed by atoms with Crippen molar-refractivity contribution in [2.24, 2.45) is 0 Å². The van der Waals surface area contributed by atoms with E-state index in [1.54, 1.807) is 11.8 Å². The van der Waals surface area contributed by atoms with Gasteiger partial charge in [0.25, 0.3) is 5.91 Å². The molecule has 2 aliphatic heterocycles. The van der Waals surface area contributed by atoms with Gasteiger partial charge in [0.05, 0.1) is 10.3 Å². The van der Waals surface area contributed by atoms with Gasteiger partial charge in [0.2, 0.25) is 0 Å². The van der Waals surface area contributed by atoms with Crippen LogP contribution in [0.15, 0.2) is 11.2 Å². The fourth-order valence-corrected chi connectivity index (χ4v) is 4.74. The van der Waals surface area contributed by atoms with Crippen molar-refractivity contribution in [2.75, 3.05) is 37.3 Å². The predicted molar refractivity (Wildman–Crippen MR) is 95.8 cm³/mol. The van der Waals surface area contributed by atoms with E-state index in [1.165, 1.54) is 24.2 Å². The van der Waals surface area contributed by atoms with E-state index in [0.717, 1.165) is 65.1 Å². The Morgan fingerprint density at radius 1 is 1.13 bits per heavy atom. The molecule has 5 nitrogen and oxygen atoms in total. The first-order chi connectivity index (χ1) is 11.3. The fraction of sp³-hybridized carbons (Fsp3) is 0.562. The van der Waals surface area contributed by atoms with Gasteiger partial charge < -0.3 is 9.80 Å². The maximum absolute atomic E-state index is 12.7. The van der Waals surface area contributed by atoms with Crippen molar-refractivity contribution < 1.29 is 4.79 Å². The van der Waals surface area contributed by atoms with Gasteiger partial charge in [0, 0.05) is 26.2 Å². The van der Waals surface area contributed by atoms with Crippen LogP contribution in [0.25, 0.3) is 10.2 Å². The van der Waals surface area contributed by atoms with Crippen LogP contribution < -0.4 is 4.90 Å². The molecule has 0 spiro atoms. The zero-order valence-corrected chi connectivity index (χ0v) is 14.9. The summed E-state index contributed by atoms with van der Waals surface area (Å²) < 4.78 is 0. The van der Waals surface area contributed by atoms with Crippen molar-refractivity contribution in [2.45, 2.75) is 30.8 Å². The molecular formula is C16H20N4OS2. The molecule has 7 heteroatoms. The van der Waals surface area contributed by atoms with Crippen molar-refractivity contribution >= 4 is 45.0 Å². The zero-order chi connectivity index (χ0) is 15.8. The summed E-state index contributed by atoms with van der Waals surface area (Å²) in [5.74, 6) is 1.16. The summed E-state index contributed by atoms with van der Waals surface area (Å²) in [6.45, 7) is 3.86. The van der Waals surface area contributed by atoms with Crippen LogP contribution in [0.1, 0.15) is 35.4 Å². The van der Waals surface area contributed by atoms with Gasteiger partial charge in [-0.05, 0) is 38.0 Å². The van der Waals surface area contributed by atoms with Gasteiger partial charge in [0.1, 0.15) is 10.6 Å². The Labute approximate surface area is 144 Å². The van der Waals surface area contributed by atoms with Gasteiger partial charge in [-0.15, -0.1) is 11.3 Å². The minimum Gasteiger partial charge on any atom is -0.356 e. The normalized spacial score (nSPS) is 18.3. The minimum absolute atomic E-state index is 0.156. The number of nitrogens with zero attached hydrogens (tertiary/aromatic N) is 4. The monoisotopic (exact) mass is 348 g/mol. The average molecular weight is 348 g/mol. The molecule has 4 heterocycles. The molecule has 2 aromatic rings. The molecule has 23 heavy (non-hydrogen) atoms. The Kier molecular flexibility index (Phi) is 4.15. The molecule has 2 aromatic heterocycles. The van der Waals surface area contributed by atoms with Gasteiger partial charge in [-0.25, -0.2) is 9.97 Å². The summed E-state index contributed by atoms with van der Waals surface area (Å²) in [6.07, 6.45) is 6.66. The molecule has 2 aliphatic rings. The highest BCUT2D eigenvalue weighted by atomic mass is 32.2. The number of amides is 1. The predicted octanol–water partition coefficient (Wildman–Crippen LogP) is 3.25. The molecule has 0 aromatic carbocycles. The number of fused-ring (bicyclic) bond motifs is 1. The van der Waals surface area contributed by atoms with E-state index in [1.807, 2.05) is 17.2 Å². The number of hydrogen-bond donors (Lipinski definition) is 0. The van der Waals surface area contributed by atoms with Crippen molar-refractivity contribution in [1.82, 2.24) is 14.9 Å². The van der Waals surface area contributed by atoms with Crippen LogP contribution in [0.3, 0.4) is 0 Å². The van der Waals surface area contributed by atoms with Crippen LogP contribution in [0, 0.1) is 0 Å². The van der Waals surface area contributed by atoms with E-state index in [2.05, 4.69) is 9.88 Å². The highest BCUT2D eigenvalue weighted by Gasteiger charge is 2.24. The largest absolute Gasteiger partial charge is 0.356 e. The van der Waals surface area contributed by atoms with E-state index in [9.17, 15) is 4.79 Å². The SMILES string of the molecule is CSc1nc(N2CCCC2)c2cc(C(=O)N3CCCC3)sc2n1. The third-order valence-electron chi connectivity index (χ3n) is 4.54. The first kappa shape index (κ1) is 15.2. The molecule has 122 valence electrons. The van der Waals surface area contributed by atoms with E-state index in [4.69, 9.17) is 4.98 Å². The molecule has 0 bridgehead atoms. The molecule has 1 amide bonds. The van der Waals surface area contributed by atoms with Gasteiger partial charge in [-0.3, -0.25) is 4.79 Å². The lowest BCUT2D eigenvalue weighted by molar-refractivity contribution is 0.0797. The van der Waals surface area contributed by atoms with Gasteiger partial charge >= 0.3 is 0 Å². The van der Waals surface area contributed by atoms with E-state index in [0.29, 0.717) is 0 Å². The number of carbonyl (C=O) groups excluding carboxylic acids is 1. The number of hydrogen-bond acceptors (Lipinski definition) is 6. The number of rotatable bonds is 3. The topological polar surface area (TPSA) is 49.3 Å². The van der Waals surface area contributed by atoms with Crippen LogP contribution in [0.2, 0.25) is 0 Å². The number of thioether (sulfide) groups is 1. The second kappa shape index (κ2) is 6.28. The summed E-state index contributed by atoms with van der Waals surface area (Å²) in [4.78, 5) is 28.1. The molecule has 0 N–H and O–H groups in total. The Morgan fingerprint density at radius 2 is 1.83 bits per heavy atom. The van der Waals surface area contributed by atoms with Gasteiger partial charge in [-0.1, -0.05) is 11.8 Å². The number of likely N-dealkylation sites (tertiary alicyclic amines) is 1. The molecule has 0 aliphatic carbocycles. The Bertz CT molecular complexity index is 733. The second-order valence-corrected chi connectivity index (χ2v) is 7.86. The first-order valence-corrected chi connectivity index (χ1v) is 10.2. The standard InChI is InChI=1S/C16H20N4OS2/c1-22-16-17-13(19-6-2-3-7-19)11-10-12(23-14(11)18-16)15(21)20-8-4-5-9-20/h10H,2-9H2,1H3. The van der Waals surface area contributed by atoms with Crippen LogP contribution in [-0.4, -0.2) is 53.2 Å². The molecule has 0 radical (unpaired) electrons. The molecular weight excluding hydrogens is 328 g/mol. The third kappa shape index (κ3) is 2.80. The third-order valence-corrected chi connectivity index (χ3v) is 6.11. The van der Waals surface area contributed by atoms with E-state index >= 15 is 0 Å². The lowest BCUT2D eigenvalue weighted by atomic mass is 10.3. The molecule has 2 saturated heterocycles. The quantitative estimate of drug-likeness (QED) is 0.629. The first-order valence-electron chi connectivity index (χ1n) is 8.16. The molecule has 0 saturated carbocycles. The summed E-state index contributed by atoms with van der Waals surface area (Å²) in [5.41, 5.74) is 0. The summed E-state index contributed by atoms with van der Waals surface area (Å²) in [6, 6.07) is 2.01. The molecule has 2 fully saturated rings. The molecule has 4 rings (SSSR count). The van der Waals surface area contributed by atoms with Crippen LogP contribution in [-0.2, 0) is 0 Å². The fourth-order valence-electron chi connectivity index (χ4n) is 3.33. The Morgan fingerprint density at radius 3 is 2.52 bits per heavy atom. The summed E-state index contributed by atoms with van der Waals surface area (Å²) in [5, 5.41) is 1.83. The maximum Gasteiger partial charge on any atom is 0.264 e. The highest BCUT2D eigenvalue weighted by molar-refractivity contribution is 7.98. The van der Waals surface area contributed by atoms with Gasteiger partial charge in [0.15, 0.2) is 5.16 Å². The van der Waals surface area contributed by atoms with Crippen molar-refractivity contribution in [3.8, 4) is 0 Å². The van der Waals surface area contributed by atoms with Crippen molar-refractivity contribution in [3.05, 3.63) is 10.9 Å². The molecule has 0 atom stereocenters. The number of carbonyl (C=O) groups is 1. The summed E-state index contributed by atoms with van der Waals surface area (Å²) in [7, 11) is 0. The maximum atomic E-state index is 12.7. The van der Waals surface area contributed by atoms with E-state index in [-0.39, 0.29) is 5.91 Å².